The van der Waals surface area contributed by atoms with E-state index >= 15 is 0 Å². The number of methoxy groups -OCH3 is 2. The van der Waals surface area contributed by atoms with Crippen LogP contribution in [0.25, 0.3) is 0 Å². The van der Waals surface area contributed by atoms with Gasteiger partial charge in [0.25, 0.3) is 0 Å². The third-order valence-electron chi connectivity index (χ3n) is 4.30. The molecule has 0 bridgehead atoms. The van der Waals surface area contributed by atoms with E-state index in [4.69, 9.17) is 9.47 Å². The van der Waals surface area contributed by atoms with Crippen molar-refractivity contribution in [3.63, 3.8) is 0 Å². The number of ether oxygens (including phenoxy) is 2. The molecule has 0 atom stereocenters. The Morgan fingerprint density at radius 3 is 2.38 bits per heavy atom. The third-order valence-corrected chi connectivity index (χ3v) is 4.30. The molecule has 0 saturated heterocycles. The smallest absolute Gasteiger partial charge is 0.235 e. The van der Waals surface area contributed by atoms with Gasteiger partial charge in [0, 0.05) is 26.8 Å². The van der Waals surface area contributed by atoms with E-state index in [0.29, 0.717) is 39.0 Å². The molecule has 1 saturated carbocycles. The van der Waals surface area contributed by atoms with Crippen molar-refractivity contribution in [2.45, 2.75) is 25.7 Å². The van der Waals surface area contributed by atoms with Crippen molar-refractivity contribution < 1.29 is 19.1 Å². The molecule has 0 aliphatic heterocycles. The second-order valence-electron chi connectivity index (χ2n) is 6.00. The Balaban J connectivity index is 1.78. The first-order valence-corrected chi connectivity index (χ1v) is 8.31. The van der Waals surface area contributed by atoms with Crippen molar-refractivity contribution >= 4 is 11.8 Å². The maximum absolute atomic E-state index is 12.4. The van der Waals surface area contributed by atoms with Gasteiger partial charge >= 0.3 is 0 Å². The maximum atomic E-state index is 12.4. The monoisotopic (exact) mass is 334 g/mol. The lowest BCUT2D eigenvalue weighted by Crippen LogP contribution is -2.44. The van der Waals surface area contributed by atoms with Gasteiger partial charge in [0.15, 0.2) is 0 Å². The number of carbonyl (C=O) groups is 2. The minimum Gasteiger partial charge on any atom is -0.496 e. The van der Waals surface area contributed by atoms with Crippen molar-refractivity contribution in [2.24, 2.45) is 5.41 Å². The summed E-state index contributed by atoms with van der Waals surface area (Å²) in [5.74, 6) is 0.457. The van der Waals surface area contributed by atoms with Gasteiger partial charge in [-0.1, -0.05) is 18.2 Å². The van der Waals surface area contributed by atoms with E-state index in [1.165, 1.54) is 0 Å². The summed E-state index contributed by atoms with van der Waals surface area (Å²) in [6.45, 7) is 1.61. The van der Waals surface area contributed by atoms with E-state index in [-0.39, 0.29) is 11.8 Å². The topological polar surface area (TPSA) is 76.7 Å². The molecule has 2 N–H and O–H groups in total. The summed E-state index contributed by atoms with van der Waals surface area (Å²) < 4.78 is 10.2. The molecule has 6 nitrogen and oxygen atoms in total. The highest BCUT2D eigenvalue weighted by Gasteiger charge is 2.56. The van der Waals surface area contributed by atoms with E-state index in [1.54, 1.807) is 14.2 Å². The number of hydrogen-bond acceptors (Lipinski definition) is 4. The molecular formula is C18H26N2O4. The van der Waals surface area contributed by atoms with Gasteiger partial charge in [0.05, 0.1) is 7.11 Å². The summed E-state index contributed by atoms with van der Waals surface area (Å²) in [6.07, 6.45) is 2.64. The summed E-state index contributed by atoms with van der Waals surface area (Å²) in [6, 6.07) is 7.72. The lowest BCUT2D eigenvalue weighted by molar-refractivity contribution is -0.137. The van der Waals surface area contributed by atoms with Gasteiger partial charge in [-0.2, -0.15) is 0 Å². The van der Waals surface area contributed by atoms with Crippen LogP contribution in [0.1, 0.15) is 24.8 Å². The number of para-hydroxylation sites is 1. The van der Waals surface area contributed by atoms with Crippen molar-refractivity contribution in [3.8, 4) is 5.75 Å². The second-order valence-corrected chi connectivity index (χ2v) is 6.00. The molecule has 132 valence electrons. The van der Waals surface area contributed by atoms with Gasteiger partial charge < -0.3 is 20.1 Å². The average Bonchev–Trinajstić information content (AvgIpc) is 3.41. The molecule has 1 fully saturated rings. The number of rotatable bonds is 10. The van der Waals surface area contributed by atoms with Crippen LogP contribution in [0.4, 0.5) is 0 Å². The summed E-state index contributed by atoms with van der Waals surface area (Å²) >= 11 is 0. The molecule has 0 heterocycles. The molecule has 2 rings (SSSR count). The molecule has 0 unspecified atom stereocenters. The van der Waals surface area contributed by atoms with E-state index in [1.807, 2.05) is 24.3 Å². The van der Waals surface area contributed by atoms with Crippen molar-refractivity contribution in [2.75, 3.05) is 33.9 Å². The normalized spacial score (nSPS) is 14.8. The van der Waals surface area contributed by atoms with Gasteiger partial charge in [0.2, 0.25) is 11.8 Å². The van der Waals surface area contributed by atoms with Crippen LogP contribution in [-0.4, -0.2) is 45.7 Å². The van der Waals surface area contributed by atoms with Crippen LogP contribution in [0.5, 0.6) is 5.75 Å². The molecule has 0 radical (unpaired) electrons. The zero-order valence-electron chi connectivity index (χ0n) is 14.4. The van der Waals surface area contributed by atoms with E-state index in [0.717, 1.165) is 17.7 Å². The number of carbonyl (C=O) groups excluding carboxylic acids is 2. The average molecular weight is 334 g/mol. The zero-order chi connectivity index (χ0) is 17.4. The van der Waals surface area contributed by atoms with Gasteiger partial charge in [-0.3, -0.25) is 9.59 Å². The fourth-order valence-electron chi connectivity index (χ4n) is 2.66. The highest BCUT2D eigenvalue weighted by atomic mass is 16.5. The molecule has 6 heteroatoms. The minimum absolute atomic E-state index is 0.173. The fourth-order valence-corrected chi connectivity index (χ4v) is 2.66. The van der Waals surface area contributed by atoms with Crippen molar-refractivity contribution in [3.05, 3.63) is 29.8 Å². The standard InChI is InChI=1S/C18H26N2O4/c1-23-13-5-11-19-16(21)18(9-10-18)17(22)20-12-8-14-6-3-4-7-15(14)24-2/h3-4,6-7H,5,8-13H2,1-2H3,(H,19,21)(H,20,22). The van der Waals surface area contributed by atoms with Gasteiger partial charge in [-0.15, -0.1) is 0 Å². The number of hydrogen-bond donors (Lipinski definition) is 2. The summed E-state index contributed by atoms with van der Waals surface area (Å²) in [5.41, 5.74) is 0.169. The SMILES string of the molecule is COCCCNC(=O)C1(C(=O)NCCc2ccccc2OC)CC1. The highest BCUT2D eigenvalue weighted by Crippen LogP contribution is 2.46. The molecule has 1 aromatic carbocycles. The third kappa shape index (κ3) is 4.47. The Bertz CT molecular complexity index is 570. The highest BCUT2D eigenvalue weighted by molar-refractivity contribution is 6.07. The Morgan fingerprint density at radius 1 is 1.08 bits per heavy atom. The quantitative estimate of drug-likeness (QED) is 0.499. The van der Waals surface area contributed by atoms with Crippen LogP contribution in [0.15, 0.2) is 24.3 Å². The molecule has 1 aliphatic rings. The van der Waals surface area contributed by atoms with Crippen LogP contribution in [0, 0.1) is 5.41 Å². The van der Waals surface area contributed by atoms with Gasteiger partial charge in [0.1, 0.15) is 11.2 Å². The molecule has 1 aromatic rings. The number of benzene rings is 1. The predicted molar refractivity (Wildman–Crippen MR) is 90.9 cm³/mol. The zero-order valence-corrected chi connectivity index (χ0v) is 14.4. The summed E-state index contributed by atoms with van der Waals surface area (Å²) in [4.78, 5) is 24.6. The Labute approximate surface area is 142 Å². The maximum Gasteiger partial charge on any atom is 0.235 e. The molecule has 0 spiro atoms. The predicted octanol–water partition coefficient (Wildman–Crippen LogP) is 1.29. The van der Waals surface area contributed by atoms with Crippen LogP contribution < -0.4 is 15.4 Å². The summed E-state index contributed by atoms with van der Waals surface area (Å²) in [7, 11) is 3.25. The number of amides is 2. The van der Waals surface area contributed by atoms with Gasteiger partial charge in [-0.25, -0.2) is 0 Å². The Hall–Kier alpha value is -2.08. The first kappa shape index (κ1) is 18.3. The Kier molecular flexibility index (Phi) is 6.61. The molecule has 2 amide bonds. The molecule has 24 heavy (non-hydrogen) atoms. The summed E-state index contributed by atoms with van der Waals surface area (Å²) in [5, 5.41) is 5.72. The van der Waals surface area contributed by atoms with E-state index in [2.05, 4.69) is 10.6 Å². The first-order chi connectivity index (χ1) is 11.6. The van der Waals surface area contributed by atoms with Crippen LogP contribution in [-0.2, 0) is 20.7 Å². The lowest BCUT2D eigenvalue weighted by Gasteiger charge is -2.16. The molecule has 1 aliphatic carbocycles. The first-order valence-electron chi connectivity index (χ1n) is 8.31. The largest absolute Gasteiger partial charge is 0.496 e. The Morgan fingerprint density at radius 2 is 1.75 bits per heavy atom. The second kappa shape index (κ2) is 8.68. The molecule has 0 aromatic heterocycles. The number of nitrogens with one attached hydrogen (secondary N) is 2. The van der Waals surface area contributed by atoms with E-state index < -0.39 is 5.41 Å². The van der Waals surface area contributed by atoms with Crippen LogP contribution in [0.2, 0.25) is 0 Å². The van der Waals surface area contributed by atoms with Gasteiger partial charge in [-0.05, 0) is 37.3 Å². The van der Waals surface area contributed by atoms with Crippen LogP contribution >= 0.6 is 0 Å². The minimum atomic E-state index is -0.867. The van der Waals surface area contributed by atoms with E-state index in [9.17, 15) is 9.59 Å². The lowest BCUT2D eigenvalue weighted by atomic mass is 10.0. The van der Waals surface area contributed by atoms with Crippen LogP contribution in [0.3, 0.4) is 0 Å². The molecular weight excluding hydrogens is 308 g/mol. The van der Waals surface area contributed by atoms with Crippen molar-refractivity contribution in [1.82, 2.24) is 10.6 Å². The van der Waals surface area contributed by atoms with Crippen molar-refractivity contribution in [1.29, 1.82) is 0 Å². The fraction of sp³-hybridized carbons (Fsp3) is 0.556.